The third-order valence-electron chi connectivity index (χ3n) is 6.58. The van der Waals surface area contributed by atoms with Gasteiger partial charge in [-0.1, -0.05) is 67.9 Å². The van der Waals surface area contributed by atoms with E-state index in [9.17, 15) is 4.79 Å². The molecule has 1 amide bonds. The van der Waals surface area contributed by atoms with Gasteiger partial charge in [0.05, 0.1) is 17.7 Å². The minimum Gasteiger partial charge on any atom is -0.366 e. The fraction of sp³-hybridized carbons (Fsp3) is 0.357. The monoisotopic (exact) mass is 461 g/mol. The molecule has 0 radical (unpaired) electrons. The maximum Gasteiger partial charge on any atom is 0.244 e. The van der Waals surface area contributed by atoms with Gasteiger partial charge in [-0.3, -0.25) is 4.79 Å². The Morgan fingerprint density at radius 3 is 2.76 bits per heavy atom. The van der Waals surface area contributed by atoms with Gasteiger partial charge in [0.1, 0.15) is 0 Å². The molecule has 33 heavy (non-hydrogen) atoms. The SMILES string of the molecule is CCCN1c2cc(Cl)c(/C=N\NC(=O)Cc3cccc4ccccc34)cc2C(C)CC1(C)C. The molecule has 0 bridgehead atoms. The van der Waals surface area contributed by atoms with Gasteiger partial charge in [-0.15, -0.1) is 0 Å². The summed E-state index contributed by atoms with van der Waals surface area (Å²) >= 11 is 6.65. The molecule has 0 saturated heterocycles. The van der Waals surface area contributed by atoms with E-state index >= 15 is 0 Å². The maximum absolute atomic E-state index is 12.5. The van der Waals surface area contributed by atoms with Gasteiger partial charge in [-0.2, -0.15) is 5.10 Å². The summed E-state index contributed by atoms with van der Waals surface area (Å²) < 4.78 is 0. The Bertz CT molecular complexity index is 1200. The van der Waals surface area contributed by atoms with Crippen LogP contribution in [0.5, 0.6) is 0 Å². The standard InChI is InChI=1S/C28H32ClN3O/c1-5-13-32-26-16-25(29)22(14-24(26)19(2)17-28(32,3)4)18-30-31-27(33)15-21-11-8-10-20-9-6-7-12-23(20)21/h6-12,14,16,18-19H,5,13,15,17H2,1-4H3,(H,31,33)/b30-18-. The first-order valence-corrected chi connectivity index (χ1v) is 12.1. The van der Waals surface area contributed by atoms with Crippen molar-refractivity contribution in [2.75, 3.05) is 11.4 Å². The lowest BCUT2D eigenvalue weighted by atomic mass is 9.79. The first-order chi connectivity index (χ1) is 15.8. The topological polar surface area (TPSA) is 44.7 Å². The van der Waals surface area contributed by atoms with Crippen LogP contribution in [0.4, 0.5) is 5.69 Å². The highest BCUT2D eigenvalue weighted by atomic mass is 35.5. The zero-order valence-corrected chi connectivity index (χ0v) is 20.6. The highest BCUT2D eigenvalue weighted by Gasteiger charge is 2.36. The average Bonchev–Trinajstić information content (AvgIpc) is 2.77. The van der Waals surface area contributed by atoms with Gasteiger partial charge in [0.2, 0.25) is 5.91 Å². The van der Waals surface area contributed by atoms with E-state index in [0.29, 0.717) is 10.9 Å². The molecule has 5 heteroatoms. The van der Waals surface area contributed by atoms with Crippen LogP contribution in [0.15, 0.2) is 59.7 Å². The summed E-state index contributed by atoms with van der Waals surface area (Å²) in [5, 5.41) is 7.07. The van der Waals surface area contributed by atoms with Crippen LogP contribution in [0, 0.1) is 0 Å². The number of hydrazone groups is 1. The second kappa shape index (κ2) is 9.56. The molecule has 1 aliphatic heterocycles. The van der Waals surface area contributed by atoms with Crippen molar-refractivity contribution in [2.45, 2.75) is 58.4 Å². The average molecular weight is 462 g/mol. The van der Waals surface area contributed by atoms with Crippen LogP contribution < -0.4 is 10.3 Å². The van der Waals surface area contributed by atoms with Gasteiger partial charge in [0, 0.05) is 23.3 Å². The number of hydrogen-bond acceptors (Lipinski definition) is 3. The van der Waals surface area contributed by atoms with Crippen molar-refractivity contribution < 1.29 is 4.79 Å². The van der Waals surface area contributed by atoms with Crippen LogP contribution in [0.25, 0.3) is 10.8 Å². The molecule has 1 unspecified atom stereocenters. The Kier molecular flexibility index (Phi) is 6.76. The Hall–Kier alpha value is -2.85. The van der Waals surface area contributed by atoms with Crippen LogP contribution in [-0.4, -0.2) is 24.2 Å². The number of nitrogens with one attached hydrogen (secondary N) is 1. The molecular weight excluding hydrogens is 430 g/mol. The predicted molar refractivity (Wildman–Crippen MR) is 140 cm³/mol. The van der Waals surface area contributed by atoms with Gasteiger partial charge in [0.25, 0.3) is 0 Å². The van der Waals surface area contributed by atoms with E-state index in [1.54, 1.807) is 6.21 Å². The normalized spacial score (nSPS) is 17.4. The van der Waals surface area contributed by atoms with Gasteiger partial charge in [0.15, 0.2) is 0 Å². The molecule has 4 nitrogen and oxygen atoms in total. The quantitative estimate of drug-likeness (QED) is 0.328. The van der Waals surface area contributed by atoms with E-state index in [1.165, 1.54) is 11.3 Å². The molecule has 0 saturated carbocycles. The molecule has 172 valence electrons. The van der Waals surface area contributed by atoms with Crippen molar-refractivity contribution in [2.24, 2.45) is 5.10 Å². The van der Waals surface area contributed by atoms with Crippen molar-refractivity contribution in [1.82, 2.24) is 5.43 Å². The molecule has 1 atom stereocenters. The van der Waals surface area contributed by atoms with Crippen molar-refractivity contribution in [3.05, 3.63) is 76.3 Å². The number of nitrogens with zero attached hydrogens (tertiary/aromatic N) is 2. The largest absolute Gasteiger partial charge is 0.366 e. The van der Waals surface area contributed by atoms with Gasteiger partial charge in [-0.05, 0) is 66.6 Å². The highest BCUT2D eigenvalue weighted by molar-refractivity contribution is 6.33. The van der Waals surface area contributed by atoms with Crippen LogP contribution in [0.1, 0.15) is 63.1 Å². The fourth-order valence-corrected chi connectivity index (χ4v) is 5.31. The zero-order chi connectivity index (χ0) is 23.6. The highest BCUT2D eigenvalue weighted by Crippen LogP contribution is 2.45. The van der Waals surface area contributed by atoms with Crippen LogP contribution in [-0.2, 0) is 11.2 Å². The van der Waals surface area contributed by atoms with E-state index in [0.717, 1.165) is 41.3 Å². The molecule has 1 aliphatic rings. The summed E-state index contributed by atoms with van der Waals surface area (Å²) in [4.78, 5) is 15.0. The number of anilines is 1. The summed E-state index contributed by atoms with van der Waals surface area (Å²) in [7, 11) is 0. The molecule has 0 fully saturated rings. The van der Waals surface area contributed by atoms with Crippen molar-refractivity contribution >= 4 is 40.2 Å². The van der Waals surface area contributed by atoms with Crippen LogP contribution in [0.2, 0.25) is 5.02 Å². The van der Waals surface area contributed by atoms with Crippen molar-refractivity contribution in [3.8, 4) is 0 Å². The molecule has 3 aromatic rings. The number of amides is 1. The number of carbonyl (C=O) groups is 1. The molecule has 0 aromatic heterocycles. The summed E-state index contributed by atoms with van der Waals surface area (Å²) in [6.45, 7) is 10.1. The molecule has 1 heterocycles. The molecule has 4 rings (SSSR count). The minimum atomic E-state index is -0.152. The summed E-state index contributed by atoms with van der Waals surface area (Å²) in [5.41, 5.74) is 7.07. The lowest BCUT2D eigenvalue weighted by Crippen LogP contribution is -2.48. The van der Waals surface area contributed by atoms with E-state index < -0.39 is 0 Å². The Labute approximate surface area is 201 Å². The summed E-state index contributed by atoms with van der Waals surface area (Å²) in [5.74, 6) is 0.273. The third-order valence-corrected chi connectivity index (χ3v) is 6.90. The van der Waals surface area contributed by atoms with Crippen molar-refractivity contribution in [3.63, 3.8) is 0 Å². The van der Waals surface area contributed by atoms with Gasteiger partial charge in [-0.25, -0.2) is 5.43 Å². The first-order valence-electron chi connectivity index (χ1n) is 11.7. The van der Waals surface area contributed by atoms with Crippen LogP contribution >= 0.6 is 11.6 Å². The van der Waals surface area contributed by atoms with Crippen molar-refractivity contribution in [1.29, 1.82) is 0 Å². The second-order valence-corrected chi connectivity index (χ2v) is 10.0. The van der Waals surface area contributed by atoms with Gasteiger partial charge >= 0.3 is 0 Å². The van der Waals surface area contributed by atoms with Gasteiger partial charge < -0.3 is 4.90 Å². The first kappa shape index (κ1) is 23.3. The summed E-state index contributed by atoms with van der Waals surface area (Å²) in [6, 6.07) is 18.3. The van der Waals surface area contributed by atoms with E-state index in [2.05, 4.69) is 67.4 Å². The zero-order valence-electron chi connectivity index (χ0n) is 19.9. The Balaban J connectivity index is 1.51. The number of fused-ring (bicyclic) bond motifs is 2. The smallest absolute Gasteiger partial charge is 0.244 e. The molecule has 1 N–H and O–H groups in total. The molecule has 0 spiro atoms. The fourth-order valence-electron chi connectivity index (χ4n) is 5.10. The third kappa shape index (κ3) is 4.91. The Morgan fingerprint density at radius 2 is 1.97 bits per heavy atom. The van der Waals surface area contributed by atoms with E-state index in [-0.39, 0.29) is 17.9 Å². The number of halogens is 1. The number of carbonyl (C=O) groups excluding carboxylic acids is 1. The molecular formula is C28H32ClN3O. The molecule has 0 aliphatic carbocycles. The number of hydrogen-bond donors (Lipinski definition) is 1. The maximum atomic E-state index is 12.5. The lowest BCUT2D eigenvalue weighted by Gasteiger charge is -2.47. The van der Waals surface area contributed by atoms with E-state index in [4.69, 9.17) is 11.6 Å². The second-order valence-electron chi connectivity index (χ2n) is 9.61. The Morgan fingerprint density at radius 1 is 1.21 bits per heavy atom. The number of benzene rings is 3. The molecule has 3 aromatic carbocycles. The number of rotatable bonds is 6. The lowest BCUT2D eigenvalue weighted by molar-refractivity contribution is -0.120. The predicted octanol–water partition coefficient (Wildman–Crippen LogP) is 6.69. The summed E-state index contributed by atoms with van der Waals surface area (Å²) in [6.07, 6.45) is 4.09. The van der Waals surface area contributed by atoms with E-state index in [1.807, 2.05) is 30.3 Å². The van der Waals surface area contributed by atoms with Crippen LogP contribution in [0.3, 0.4) is 0 Å². The minimum absolute atomic E-state index is 0.0942.